The van der Waals surface area contributed by atoms with Gasteiger partial charge in [0, 0.05) is 6.54 Å². The normalized spacial score (nSPS) is 25.5. The van der Waals surface area contributed by atoms with Gasteiger partial charge in [-0.25, -0.2) is 4.79 Å². The lowest BCUT2D eigenvalue weighted by Gasteiger charge is -2.49. The highest BCUT2D eigenvalue weighted by Gasteiger charge is 2.45. The van der Waals surface area contributed by atoms with Crippen LogP contribution in [0.2, 0.25) is 0 Å². The number of amides is 2. The van der Waals surface area contributed by atoms with Crippen molar-refractivity contribution in [2.75, 3.05) is 6.54 Å². The van der Waals surface area contributed by atoms with E-state index >= 15 is 0 Å². The molecule has 0 radical (unpaired) electrons. The second-order valence-corrected chi connectivity index (χ2v) is 10.1. The van der Waals surface area contributed by atoms with Crippen molar-refractivity contribution in [3.8, 4) is 0 Å². The minimum atomic E-state index is -1.21. The van der Waals surface area contributed by atoms with Gasteiger partial charge in [-0.1, -0.05) is 36.4 Å². The Hall–Kier alpha value is -2.42. The summed E-state index contributed by atoms with van der Waals surface area (Å²) in [5.74, 6) is -0.261. The third-order valence-electron chi connectivity index (χ3n) is 6.34. The fraction of sp³-hybridized carbons (Fsp3) is 0.600. The number of rotatable bonds is 8. The van der Waals surface area contributed by atoms with Gasteiger partial charge in [-0.15, -0.1) is 0 Å². The predicted octanol–water partition coefficient (Wildman–Crippen LogP) is 2.65. The summed E-state index contributed by atoms with van der Waals surface area (Å²) >= 11 is 0. The zero-order valence-electron chi connectivity index (χ0n) is 19.7. The Kier molecular flexibility index (Phi) is 8.15. The summed E-state index contributed by atoms with van der Waals surface area (Å²) in [7, 11) is 0. The smallest absolute Gasteiger partial charge is 0.404 e. The first-order chi connectivity index (χ1) is 15.5. The Balaban J connectivity index is 1.89. The molecule has 1 saturated heterocycles. The lowest BCUT2D eigenvalue weighted by molar-refractivity contribution is -0.173. The number of aliphatic hydroxyl groups excluding tert-OH is 1. The average molecular weight is 460 g/mol. The van der Waals surface area contributed by atoms with E-state index < -0.39 is 42.0 Å². The predicted molar refractivity (Wildman–Crippen MR) is 125 cm³/mol. The van der Waals surface area contributed by atoms with Crippen LogP contribution in [0.1, 0.15) is 52.0 Å². The minimum Gasteiger partial charge on any atom is -0.465 e. The lowest BCUT2D eigenvalue weighted by atomic mass is 9.77. The van der Waals surface area contributed by atoms with Gasteiger partial charge < -0.3 is 26.0 Å². The molecule has 0 spiro atoms. The van der Waals surface area contributed by atoms with Crippen molar-refractivity contribution in [2.24, 2.45) is 11.7 Å². The van der Waals surface area contributed by atoms with Crippen LogP contribution < -0.4 is 11.1 Å². The molecule has 1 heterocycles. The number of allylic oxidation sites excluding steroid dienone is 1. The van der Waals surface area contributed by atoms with Crippen LogP contribution in [0.3, 0.4) is 0 Å². The molecule has 1 aromatic carbocycles. The summed E-state index contributed by atoms with van der Waals surface area (Å²) in [6.07, 6.45) is 3.36. The lowest BCUT2D eigenvalue weighted by Crippen LogP contribution is -2.61. The van der Waals surface area contributed by atoms with Crippen LogP contribution in [0.15, 0.2) is 42.0 Å². The molecule has 2 aliphatic rings. The fourth-order valence-corrected chi connectivity index (χ4v) is 5.02. The number of benzene rings is 1. The van der Waals surface area contributed by atoms with E-state index in [0.29, 0.717) is 12.8 Å². The highest BCUT2D eigenvalue weighted by atomic mass is 16.5. The number of piperidine rings is 1. The van der Waals surface area contributed by atoms with E-state index in [9.17, 15) is 19.8 Å². The standard InChI is InChI=1S/C25H37N3O5/c1-25(2,3)33-21-14-17-11-7-8-12-18(17)22(23(26)30)28(21)15-20(29)19(27-24(31)32)13-16-9-5-4-6-10-16/h4-6,9-10,12,17,19-22,27,29H,7-8,11,13-15H2,1-3H3,(H2,26,30)(H,31,32)/t17-,19?,20?,21-,22?/m0/s1. The molecule has 8 heteroatoms. The molecule has 0 saturated carbocycles. The van der Waals surface area contributed by atoms with E-state index in [1.54, 1.807) is 0 Å². The van der Waals surface area contributed by atoms with Gasteiger partial charge in [0.15, 0.2) is 0 Å². The highest BCUT2D eigenvalue weighted by molar-refractivity contribution is 5.83. The molecule has 2 amide bonds. The molecule has 3 rings (SSSR count). The van der Waals surface area contributed by atoms with Gasteiger partial charge in [0.2, 0.25) is 5.91 Å². The number of likely N-dealkylation sites (tertiary alicyclic amines) is 1. The van der Waals surface area contributed by atoms with E-state index in [2.05, 4.69) is 11.4 Å². The van der Waals surface area contributed by atoms with Gasteiger partial charge in [-0.3, -0.25) is 9.69 Å². The Labute approximate surface area is 195 Å². The van der Waals surface area contributed by atoms with Crippen LogP contribution >= 0.6 is 0 Å². The second kappa shape index (κ2) is 10.7. The molecule has 0 aromatic heterocycles. The Morgan fingerprint density at radius 1 is 1.27 bits per heavy atom. The van der Waals surface area contributed by atoms with E-state index in [0.717, 1.165) is 30.4 Å². The van der Waals surface area contributed by atoms with Gasteiger partial charge in [-0.2, -0.15) is 0 Å². The average Bonchev–Trinajstić information content (AvgIpc) is 2.72. The largest absolute Gasteiger partial charge is 0.465 e. The molecule has 1 aliphatic carbocycles. The van der Waals surface area contributed by atoms with Crippen molar-refractivity contribution >= 4 is 12.0 Å². The number of nitrogens with zero attached hydrogens (tertiary/aromatic N) is 1. The number of nitrogens with two attached hydrogens (primary N) is 1. The molecule has 182 valence electrons. The zero-order valence-corrected chi connectivity index (χ0v) is 19.7. The third kappa shape index (κ3) is 6.79. The molecule has 5 N–H and O–H groups in total. The summed E-state index contributed by atoms with van der Waals surface area (Å²) in [6.45, 7) is 5.92. The maximum absolute atomic E-state index is 12.6. The highest BCUT2D eigenvalue weighted by Crippen LogP contribution is 2.40. The molecule has 5 atom stereocenters. The zero-order chi connectivity index (χ0) is 24.2. The van der Waals surface area contributed by atoms with Crippen molar-refractivity contribution in [2.45, 2.75) is 82.9 Å². The Morgan fingerprint density at radius 2 is 1.97 bits per heavy atom. The van der Waals surface area contributed by atoms with Crippen LogP contribution in [0.4, 0.5) is 4.79 Å². The van der Waals surface area contributed by atoms with Crippen molar-refractivity contribution in [1.82, 2.24) is 10.2 Å². The fourth-order valence-electron chi connectivity index (χ4n) is 5.02. The SMILES string of the molecule is CC(C)(C)O[C@H]1C[C@@H]2CCCC=C2C(C(N)=O)N1CC(O)C(Cc1ccccc1)NC(=O)O. The molecule has 0 bridgehead atoms. The number of carbonyl (C=O) groups is 2. The summed E-state index contributed by atoms with van der Waals surface area (Å²) in [6, 6.07) is 7.96. The molecular formula is C25H37N3O5. The topological polar surface area (TPSA) is 125 Å². The maximum Gasteiger partial charge on any atom is 0.404 e. The van der Waals surface area contributed by atoms with Crippen LogP contribution in [-0.2, 0) is 16.0 Å². The van der Waals surface area contributed by atoms with Gasteiger partial charge in [-0.05, 0) is 69.9 Å². The number of nitrogens with one attached hydrogen (secondary N) is 1. The van der Waals surface area contributed by atoms with Crippen molar-refractivity contribution in [3.05, 3.63) is 47.5 Å². The molecule has 1 fully saturated rings. The molecule has 3 unspecified atom stereocenters. The van der Waals surface area contributed by atoms with Crippen LogP contribution in [0, 0.1) is 5.92 Å². The third-order valence-corrected chi connectivity index (χ3v) is 6.34. The van der Waals surface area contributed by atoms with Crippen LogP contribution in [0.5, 0.6) is 0 Å². The van der Waals surface area contributed by atoms with E-state index in [1.807, 2.05) is 56.0 Å². The van der Waals surface area contributed by atoms with E-state index in [4.69, 9.17) is 10.5 Å². The van der Waals surface area contributed by atoms with Crippen LogP contribution in [0.25, 0.3) is 0 Å². The number of carbonyl (C=O) groups excluding carboxylic acids is 1. The van der Waals surface area contributed by atoms with Crippen molar-refractivity contribution in [1.29, 1.82) is 0 Å². The first kappa shape index (κ1) is 25.2. The van der Waals surface area contributed by atoms with Gasteiger partial charge in [0.1, 0.15) is 12.3 Å². The maximum atomic E-state index is 12.6. The Bertz CT molecular complexity index is 851. The quantitative estimate of drug-likeness (QED) is 0.443. The molecule has 1 aromatic rings. The number of β-amino-alcohol motifs (C(OH)–C–C–N with tert-alkyl or cyclic N) is 1. The Morgan fingerprint density at radius 3 is 2.58 bits per heavy atom. The minimum absolute atomic E-state index is 0.0518. The molecule has 1 aliphatic heterocycles. The summed E-state index contributed by atoms with van der Waals surface area (Å²) in [5.41, 5.74) is 7.32. The molecule has 8 nitrogen and oxygen atoms in total. The summed E-state index contributed by atoms with van der Waals surface area (Å²) < 4.78 is 6.34. The number of carboxylic acid groups (broad SMARTS) is 1. The number of primary amides is 1. The first-order valence-electron chi connectivity index (χ1n) is 11.7. The number of aliphatic hydroxyl groups is 1. The first-order valence-corrected chi connectivity index (χ1v) is 11.7. The second-order valence-electron chi connectivity index (χ2n) is 10.1. The summed E-state index contributed by atoms with van der Waals surface area (Å²) in [5, 5.41) is 23.0. The number of hydrogen-bond donors (Lipinski definition) is 4. The van der Waals surface area contributed by atoms with E-state index in [-0.39, 0.29) is 12.5 Å². The van der Waals surface area contributed by atoms with Crippen molar-refractivity contribution in [3.63, 3.8) is 0 Å². The van der Waals surface area contributed by atoms with Gasteiger partial charge in [0.25, 0.3) is 0 Å². The monoisotopic (exact) mass is 459 g/mol. The van der Waals surface area contributed by atoms with Crippen LogP contribution in [-0.4, -0.2) is 63.7 Å². The van der Waals surface area contributed by atoms with E-state index in [1.165, 1.54) is 0 Å². The summed E-state index contributed by atoms with van der Waals surface area (Å²) in [4.78, 5) is 25.9. The number of fused-ring (bicyclic) bond motifs is 1. The molecular weight excluding hydrogens is 422 g/mol. The number of ether oxygens (including phenoxy) is 1. The molecule has 33 heavy (non-hydrogen) atoms. The van der Waals surface area contributed by atoms with Crippen molar-refractivity contribution < 1.29 is 24.5 Å². The number of hydrogen-bond acceptors (Lipinski definition) is 5. The van der Waals surface area contributed by atoms with Gasteiger partial charge in [0.05, 0.1) is 17.7 Å². The van der Waals surface area contributed by atoms with Gasteiger partial charge >= 0.3 is 6.09 Å².